The Kier molecular flexibility index (Phi) is 5.53. The quantitative estimate of drug-likeness (QED) is 0.642. The number of benzene rings is 1. The predicted octanol–water partition coefficient (Wildman–Crippen LogP) is 3.32. The molecule has 0 atom stereocenters. The summed E-state index contributed by atoms with van der Waals surface area (Å²) < 4.78 is 50.7. The van der Waals surface area contributed by atoms with Crippen molar-refractivity contribution in [3.05, 3.63) is 35.1 Å². The lowest BCUT2D eigenvalue weighted by Crippen LogP contribution is -2.40. The summed E-state index contributed by atoms with van der Waals surface area (Å²) in [7, 11) is 0. The van der Waals surface area contributed by atoms with Crippen LogP contribution in [0.3, 0.4) is 0 Å². The van der Waals surface area contributed by atoms with Gasteiger partial charge in [0.15, 0.2) is 0 Å². The smallest absolute Gasteiger partial charge is 0.311 e. The van der Waals surface area contributed by atoms with Crippen molar-refractivity contribution in [3.8, 4) is 0 Å². The Hall–Kier alpha value is -1.14. The molecule has 0 aliphatic carbocycles. The van der Waals surface area contributed by atoms with Gasteiger partial charge >= 0.3 is 6.18 Å². The van der Waals surface area contributed by atoms with E-state index >= 15 is 0 Å². The minimum absolute atomic E-state index is 0.00100. The fourth-order valence-electron chi connectivity index (χ4n) is 1.66. The Morgan fingerprint density at radius 2 is 1.70 bits per heavy atom. The van der Waals surface area contributed by atoms with E-state index in [0.29, 0.717) is 18.7 Å². The summed E-state index contributed by atoms with van der Waals surface area (Å²) in [6, 6.07) is 3.06. The molecule has 0 fully saturated rings. The summed E-state index contributed by atoms with van der Waals surface area (Å²) >= 11 is 0. The first-order valence-electron chi connectivity index (χ1n) is 6.41. The normalized spacial score (nSPS) is 12.8. The molecule has 114 valence electrons. The average molecular weight is 292 g/mol. The Balaban J connectivity index is 2.49. The minimum atomic E-state index is -4.66. The van der Waals surface area contributed by atoms with Crippen molar-refractivity contribution < 1.29 is 17.6 Å². The number of hydrogen-bond acceptors (Lipinski definition) is 2. The van der Waals surface area contributed by atoms with Gasteiger partial charge in [-0.3, -0.25) is 0 Å². The highest BCUT2D eigenvalue weighted by molar-refractivity contribution is 5.27. The molecule has 0 aliphatic heterocycles. The second-order valence-electron chi connectivity index (χ2n) is 5.67. The molecule has 0 heterocycles. The number of halogens is 4. The zero-order valence-corrected chi connectivity index (χ0v) is 11.9. The molecule has 1 aromatic rings. The Bertz CT molecular complexity index is 436. The van der Waals surface area contributed by atoms with Gasteiger partial charge in [0.2, 0.25) is 0 Å². The van der Waals surface area contributed by atoms with Crippen molar-refractivity contribution in [2.24, 2.45) is 0 Å². The van der Waals surface area contributed by atoms with Gasteiger partial charge in [-0.1, -0.05) is 6.07 Å². The van der Waals surface area contributed by atoms with E-state index in [1.54, 1.807) is 0 Å². The van der Waals surface area contributed by atoms with E-state index in [2.05, 4.69) is 10.6 Å². The van der Waals surface area contributed by atoms with Crippen molar-refractivity contribution in [2.45, 2.75) is 39.0 Å². The summed E-state index contributed by atoms with van der Waals surface area (Å²) in [4.78, 5) is 0. The maximum atomic E-state index is 13.1. The van der Waals surface area contributed by atoms with Crippen LogP contribution in [-0.2, 0) is 12.7 Å². The van der Waals surface area contributed by atoms with E-state index in [-0.39, 0.29) is 12.1 Å². The SMILES string of the molecule is CC(C)(C)NCCNCc1ccc(F)c(C(F)(F)F)c1. The lowest BCUT2D eigenvalue weighted by Gasteiger charge is -2.20. The van der Waals surface area contributed by atoms with Gasteiger partial charge in [-0.05, 0) is 38.5 Å². The van der Waals surface area contributed by atoms with Gasteiger partial charge in [-0.2, -0.15) is 13.2 Å². The van der Waals surface area contributed by atoms with Crippen molar-refractivity contribution in [2.75, 3.05) is 13.1 Å². The Labute approximate surface area is 116 Å². The third-order valence-electron chi connectivity index (χ3n) is 2.62. The summed E-state index contributed by atoms with van der Waals surface area (Å²) in [6.45, 7) is 7.69. The topological polar surface area (TPSA) is 24.1 Å². The van der Waals surface area contributed by atoms with Crippen LogP contribution < -0.4 is 10.6 Å². The standard InChI is InChI=1S/C14H20F4N2/c1-13(2,3)20-7-6-19-9-10-4-5-12(15)11(8-10)14(16,17)18/h4-5,8,19-20H,6-7,9H2,1-3H3. The molecule has 0 amide bonds. The highest BCUT2D eigenvalue weighted by Crippen LogP contribution is 2.31. The molecule has 2 nitrogen and oxygen atoms in total. The molecule has 2 N–H and O–H groups in total. The number of alkyl halides is 3. The van der Waals surface area contributed by atoms with Gasteiger partial charge < -0.3 is 10.6 Å². The number of nitrogens with one attached hydrogen (secondary N) is 2. The first kappa shape index (κ1) is 16.9. The van der Waals surface area contributed by atoms with Crippen LogP contribution in [0.15, 0.2) is 18.2 Å². The van der Waals surface area contributed by atoms with Crippen molar-refractivity contribution in [1.29, 1.82) is 0 Å². The molecule has 1 aromatic carbocycles. The molecule has 0 radical (unpaired) electrons. The van der Waals surface area contributed by atoms with Crippen LogP contribution >= 0.6 is 0 Å². The van der Waals surface area contributed by atoms with Crippen molar-refractivity contribution in [1.82, 2.24) is 10.6 Å². The van der Waals surface area contributed by atoms with E-state index in [1.807, 2.05) is 20.8 Å². The molecule has 6 heteroatoms. The molecule has 0 aromatic heterocycles. The van der Waals surface area contributed by atoms with Crippen molar-refractivity contribution in [3.63, 3.8) is 0 Å². The first-order valence-corrected chi connectivity index (χ1v) is 6.41. The lowest BCUT2D eigenvalue weighted by atomic mass is 10.1. The maximum absolute atomic E-state index is 13.1. The average Bonchev–Trinajstić information content (AvgIpc) is 2.27. The summed E-state index contributed by atoms with van der Waals surface area (Å²) in [5.41, 5.74) is -0.805. The fraction of sp³-hybridized carbons (Fsp3) is 0.571. The first-order chi connectivity index (χ1) is 9.09. The van der Waals surface area contributed by atoms with Gasteiger partial charge in [-0.15, -0.1) is 0 Å². The van der Waals surface area contributed by atoms with Crippen LogP contribution in [0.1, 0.15) is 31.9 Å². The van der Waals surface area contributed by atoms with Gasteiger partial charge in [0.05, 0.1) is 5.56 Å². The molecular formula is C14H20F4N2. The molecule has 0 spiro atoms. The summed E-state index contributed by atoms with van der Waals surface area (Å²) in [5, 5.41) is 6.27. The Morgan fingerprint density at radius 1 is 1.05 bits per heavy atom. The second kappa shape index (κ2) is 6.54. The van der Waals surface area contributed by atoms with Gasteiger partial charge in [0.25, 0.3) is 0 Å². The van der Waals surface area contributed by atoms with Crippen LogP contribution in [0.4, 0.5) is 17.6 Å². The van der Waals surface area contributed by atoms with Crippen LogP contribution in [-0.4, -0.2) is 18.6 Å². The van der Waals surface area contributed by atoms with Gasteiger partial charge in [-0.25, -0.2) is 4.39 Å². The largest absolute Gasteiger partial charge is 0.419 e. The molecule has 0 unspecified atom stereocenters. The monoisotopic (exact) mass is 292 g/mol. The van der Waals surface area contributed by atoms with Gasteiger partial charge in [0.1, 0.15) is 5.82 Å². The minimum Gasteiger partial charge on any atom is -0.311 e. The second-order valence-corrected chi connectivity index (χ2v) is 5.67. The van der Waals surface area contributed by atoms with E-state index in [1.165, 1.54) is 6.07 Å². The highest BCUT2D eigenvalue weighted by atomic mass is 19.4. The van der Waals surface area contributed by atoms with E-state index in [9.17, 15) is 17.6 Å². The van der Waals surface area contributed by atoms with Crippen LogP contribution in [0, 0.1) is 5.82 Å². The van der Waals surface area contributed by atoms with Gasteiger partial charge in [0, 0.05) is 25.2 Å². The van der Waals surface area contributed by atoms with E-state index < -0.39 is 17.6 Å². The zero-order valence-electron chi connectivity index (χ0n) is 11.9. The van der Waals surface area contributed by atoms with Crippen LogP contribution in [0.25, 0.3) is 0 Å². The molecule has 0 aliphatic rings. The number of rotatable bonds is 5. The van der Waals surface area contributed by atoms with Crippen LogP contribution in [0.5, 0.6) is 0 Å². The molecular weight excluding hydrogens is 272 g/mol. The fourth-order valence-corrected chi connectivity index (χ4v) is 1.66. The lowest BCUT2D eigenvalue weighted by molar-refractivity contribution is -0.140. The third-order valence-corrected chi connectivity index (χ3v) is 2.62. The molecule has 0 bridgehead atoms. The Morgan fingerprint density at radius 3 is 2.25 bits per heavy atom. The van der Waals surface area contributed by atoms with E-state index in [0.717, 1.165) is 12.1 Å². The van der Waals surface area contributed by atoms with E-state index in [4.69, 9.17) is 0 Å². The van der Waals surface area contributed by atoms with Crippen molar-refractivity contribution >= 4 is 0 Å². The highest BCUT2D eigenvalue weighted by Gasteiger charge is 2.34. The summed E-state index contributed by atoms with van der Waals surface area (Å²) in [6.07, 6.45) is -4.66. The summed E-state index contributed by atoms with van der Waals surface area (Å²) in [5.74, 6) is -1.24. The maximum Gasteiger partial charge on any atom is 0.419 e. The molecule has 0 saturated heterocycles. The molecule has 20 heavy (non-hydrogen) atoms. The van der Waals surface area contributed by atoms with Crippen LogP contribution in [0.2, 0.25) is 0 Å². The predicted molar refractivity (Wildman–Crippen MR) is 70.9 cm³/mol. The number of hydrogen-bond donors (Lipinski definition) is 2. The molecule has 0 saturated carbocycles. The third kappa shape index (κ3) is 5.88. The molecule has 1 rings (SSSR count). The zero-order chi connectivity index (χ0) is 15.4.